The third-order valence-electron chi connectivity index (χ3n) is 3.05. The predicted molar refractivity (Wildman–Crippen MR) is 59.8 cm³/mol. The molecule has 1 rings (SSSR count). The third kappa shape index (κ3) is 2.13. The van der Waals surface area contributed by atoms with Gasteiger partial charge in [-0.3, -0.25) is 4.79 Å². The Morgan fingerprint density at radius 3 is 2.12 bits per heavy atom. The Balaban J connectivity index is 2.71. The lowest BCUT2D eigenvalue weighted by Crippen LogP contribution is -2.57. The normalized spacial score (nSPS) is 21.3. The van der Waals surface area contributed by atoms with Gasteiger partial charge >= 0.3 is 5.97 Å². The van der Waals surface area contributed by atoms with Crippen LogP contribution in [-0.2, 0) is 19.0 Å². The van der Waals surface area contributed by atoms with Gasteiger partial charge in [0, 0.05) is 27.1 Å². The van der Waals surface area contributed by atoms with Crippen molar-refractivity contribution in [1.29, 1.82) is 0 Å². The van der Waals surface area contributed by atoms with Crippen LogP contribution in [0.5, 0.6) is 0 Å². The molecule has 0 atom stereocenters. The summed E-state index contributed by atoms with van der Waals surface area (Å²) in [6, 6.07) is 0. The molecule has 0 aromatic rings. The van der Waals surface area contributed by atoms with E-state index in [0.29, 0.717) is 12.8 Å². The highest BCUT2D eigenvalue weighted by atomic mass is 16.7. The van der Waals surface area contributed by atoms with Crippen LogP contribution in [0.15, 0.2) is 12.7 Å². The summed E-state index contributed by atoms with van der Waals surface area (Å²) in [5.74, 6) is -0.910. The SMILES string of the molecule is C=CC1(C(=O)OC(C)C)CC(OC)(OC)C1. The van der Waals surface area contributed by atoms with Crippen LogP contribution in [0.2, 0.25) is 0 Å². The molecule has 0 aromatic heterocycles. The number of esters is 1. The second-order valence-corrected chi connectivity index (χ2v) is 4.49. The fourth-order valence-corrected chi connectivity index (χ4v) is 1.98. The molecule has 0 unspecified atom stereocenters. The van der Waals surface area contributed by atoms with Crippen LogP contribution in [0, 0.1) is 5.41 Å². The molecule has 0 spiro atoms. The standard InChI is InChI=1S/C12H20O4/c1-6-11(10(13)16-9(2)3)7-12(8-11,14-4)15-5/h6,9H,1,7-8H2,2-5H3. The number of hydrogen-bond donors (Lipinski definition) is 0. The van der Waals surface area contributed by atoms with Crippen molar-refractivity contribution >= 4 is 5.97 Å². The van der Waals surface area contributed by atoms with Gasteiger partial charge < -0.3 is 14.2 Å². The summed E-state index contributed by atoms with van der Waals surface area (Å²) < 4.78 is 15.7. The molecule has 4 nitrogen and oxygen atoms in total. The molecule has 1 fully saturated rings. The van der Waals surface area contributed by atoms with Crippen molar-refractivity contribution in [1.82, 2.24) is 0 Å². The second-order valence-electron chi connectivity index (χ2n) is 4.49. The van der Waals surface area contributed by atoms with Gasteiger partial charge in [0.25, 0.3) is 0 Å². The summed E-state index contributed by atoms with van der Waals surface area (Å²) in [5.41, 5.74) is -0.656. The molecule has 4 heteroatoms. The van der Waals surface area contributed by atoms with Crippen LogP contribution in [0.3, 0.4) is 0 Å². The first kappa shape index (κ1) is 13.2. The van der Waals surface area contributed by atoms with Crippen LogP contribution in [-0.4, -0.2) is 32.1 Å². The maximum absolute atomic E-state index is 11.9. The summed E-state index contributed by atoms with van der Waals surface area (Å²) in [4.78, 5) is 11.9. The molecule has 1 aliphatic rings. The Bertz CT molecular complexity index is 271. The Morgan fingerprint density at radius 1 is 1.31 bits per heavy atom. The first-order chi connectivity index (χ1) is 7.43. The Hall–Kier alpha value is -0.870. The fraction of sp³-hybridized carbons (Fsp3) is 0.750. The monoisotopic (exact) mass is 228 g/mol. The summed E-state index contributed by atoms with van der Waals surface area (Å²) >= 11 is 0. The van der Waals surface area contributed by atoms with Crippen molar-refractivity contribution in [3.63, 3.8) is 0 Å². The molecule has 0 heterocycles. The number of rotatable bonds is 5. The minimum atomic E-state index is -0.663. The van der Waals surface area contributed by atoms with E-state index in [9.17, 15) is 4.79 Å². The molecule has 0 aromatic carbocycles. The lowest BCUT2D eigenvalue weighted by atomic mass is 9.64. The van der Waals surface area contributed by atoms with E-state index in [0.717, 1.165) is 0 Å². The lowest BCUT2D eigenvalue weighted by Gasteiger charge is -2.50. The van der Waals surface area contributed by atoms with Crippen LogP contribution in [0.25, 0.3) is 0 Å². The molecule has 0 saturated heterocycles. The van der Waals surface area contributed by atoms with Crippen molar-refractivity contribution < 1.29 is 19.0 Å². The zero-order valence-electron chi connectivity index (χ0n) is 10.4. The van der Waals surface area contributed by atoms with Gasteiger partial charge in [-0.25, -0.2) is 0 Å². The zero-order chi connectivity index (χ0) is 12.4. The average Bonchev–Trinajstić information content (AvgIpc) is 2.18. The van der Waals surface area contributed by atoms with Crippen molar-refractivity contribution in [3.05, 3.63) is 12.7 Å². The first-order valence-corrected chi connectivity index (χ1v) is 5.38. The topological polar surface area (TPSA) is 44.8 Å². The molecular formula is C12H20O4. The maximum atomic E-state index is 11.9. The molecular weight excluding hydrogens is 208 g/mol. The van der Waals surface area contributed by atoms with E-state index in [1.807, 2.05) is 13.8 Å². The van der Waals surface area contributed by atoms with Gasteiger partial charge in [0.15, 0.2) is 5.79 Å². The van der Waals surface area contributed by atoms with Gasteiger partial charge in [-0.05, 0) is 13.8 Å². The van der Waals surface area contributed by atoms with Crippen LogP contribution < -0.4 is 0 Å². The zero-order valence-corrected chi connectivity index (χ0v) is 10.4. The number of methoxy groups -OCH3 is 2. The van der Waals surface area contributed by atoms with E-state index in [-0.39, 0.29) is 12.1 Å². The quantitative estimate of drug-likeness (QED) is 0.409. The van der Waals surface area contributed by atoms with Gasteiger partial charge in [0.05, 0.1) is 11.5 Å². The molecule has 0 bridgehead atoms. The van der Waals surface area contributed by atoms with Crippen molar-refractivity contribution in [2.75, 3.05) is 14.2 Å². The summed E-state index contributed by atoms with van der Waals surface area (Å²) in [5, 5.41) is 0. The molecule has 0 radical (unpaired) electrons. The highest BCUT2D eigenvalue weighted by molar-refractivity contribution is 5.81. The number of ether oxygens (including phenoxy) is 3. The van der Waals surface area contributed by atoms with Gasteiger partial charge in [-0.1, -0.05) is 6.08 Å². The number of carbonyl (C=O) groups is 1. The summed E-state index contributed by atoms with van der Waals surface area (Å²) in [6.45, 7) is 7.36. The number of hydrogen-bond acceptors (Lipinski definition) is 4. The van der Waals surface area contributed by atoms with E-state index in [2.05, 4.69) is 6.58 Å². The third-order valence-corrected chi connectivity index (χ3v) is 3.05. The second kappa shape index (κ2) is 4.55. The highest BCUT2D eigenvalue weighted by Crippen LogP contribution is 2.52. The van der Waals surface area contributed by atoms with Crippen molar-refractivity contribution in [2.24, 2.45) is 5.41 Å². The lowest BCUT2D eigenvalue weighted by molar-refractivity contribution is -0.287. The van der Waals surface area contributed by atoms with Gasteiger partial charge in [-0.15, -0.1) is 6.58 Å². The smallest absolute Gasteiger partial charge is 0.316 e. The van der Waals surface area contributed by atoms with Crippen molar-refractivity contribution in [3.8, 4) is 0 Å². The maximum Gasteiger partial charge on any atom is 0.316 e. The Morgan fingerprint density at radius 2 is 1.81 bits per heavy atom. The fourth-order valence-electron chi connectivity index (χ4n) is 1.98. The average molecular weight is 228 g/mol. The Kier molecular flexibility index (Phi) is 3.76. The van der Waals surface area contributed by atoms with Gasteiger partial charge in [0.2, 0.25) is 0 Å². The molecule has 1 saturated carbocycles. The predicted octanol–water partition coefficient (Wildman–Crippen LogP) is 1.89. The van der Waals surface area contributed by atoms with E-state index in [1.54, 1.807) is 20.3 Å². The molecule has 16 heavy (non-hydrogen) atoms. The van der Waals surface area contributed by atoms with Crippen molar-refractivity contribution in [2.45, 2.75) is 38.6 Å². The van der Waals surface area contributed by atoms with Gasteiger partial charge in [-0.2, -0.15) is 0 Å². The Labute approximate surface area is 96.6 Å². The molecule has 1 aliphatic carbocycles. The molecule has 0 N–H and O–H groups in total. The van der Waals surface area contributed by atoms with E-state index < -0.39 is 11.2 Å². The first-order valence-electron chi connectivity index (χ1n) is 5.38. The van der Waals surface area contributed by atoms with Gasteiger partial charge in [0.1, 0.15) is 0 Å². The summed E-state index contributed by atoms with van der Waals surface area (Å²) in [7, 11) is 3.15. The van der Waals surface area contributed by atoms with E-state index in [4.69, 9.17) is 14.2 Å². The van der Waals surface area contributed by atoms with Crippen LogP contribution in [0.1, 0.15) is 26.7 Å². The molecule has 92 valence electrons. The minimum Gasteiger partial charge on any atom is -0.462 e. The van der Waals surface area contributed by atoms with E-state index in [1.165, 1.54) is 0 Å². The molecule has 0 aliphatic heterocycles. The summed E-state index contributed by atoms with van der Waals surface area (Å²) in [6.07, 6.45) is 2.43. The highest BCUT2D eigenvalue weighted by Gasteiger charge is 2.59. The van der Waals surface area contributed by atoms with E-state index >= 15 is 0 Å². The number of carbonyl (C=O) groups excluding carboxylic acids is 1. The molecule has 0 amide bonds. The largest absolute Gasteiger partial charge is 0.462 e. The van der Waals surface area contributed by atoms with Crippen LogP contribution in [0.4, 0.5) is 0 Å². The van der Waals surface area contributed by atoms with Crippen LogP contribution >= 0.6 is 0 Å². The minimum absolute atomic E-state index is 0.121.